The first-order valence-electron chi connectivity index (χ1n) is 8.01. The molecule has 2 aliphatic rings. The molecule has 1 amide bonds. The van der Waals surface area contributed by atoms with E-state index in [9.17, 15) is 4.79 Å². The van der Waals surface area contributed by atoms with Gasteiger partial charge in [0.1, 0.15) is 0 Å². The molecule has 2 aliphatic heterocycles. The highest BCUT2D eigenvalue weighted by atomic mass is 16.2. The van der Waals surface area contributed by atoms with Gasteiger partial charge in [-0.15, -0.1) is 0 Å². The van der Waals surface area contributed by atoms with E-state index >= 15 is 0 Å². The lowest BCUT2D eigenvalue weighted by Crippen LogP contribution is -2.52. The van der Waals surface area contributed by atoms with Crippen molar-refractivity contribution in [3.63, 3.8) is 0 Å². The first kappa shape index (κ1) is 14.4. The topological polar surface area (TPSA) is 49.6 Å². The third-order valence-electron chi connectivity index (χ3n) is 4.88. The van der Waals surface area contributed by atoms with Crippen LogP contribution in [0.1, 0.15) is 25.3 Å². The summed E-state index contributed by atoms with van der Waals surface area (Å²) in [7, 11) is 0. The Kier molecular flexibility index (Phi) is 4.15. The van der Waals surface area contributed by atoms with Crippen LogP contribution >= 0.6 is 0 Å². The number of hydrogen-bond donors (Lipinski definition) is 1. The molecule has 0 aromatic heterocycles. The first-order valence-corrected chi connectivity index (χ1v) is 8.01. The molecule has 0 aliphatic carbocycles. The molecule has 4 nitrogen and oxygen atoms in total. The fraction of sp³-hybridized carbons (Fsp3) is 0.588. The smallest absolute Gasteiger partial charge is 0.242 e. The normalized spacial score (nSPS) is 25.0. The van der Waals surface area contributed by atoms with E-state index in [0.29, 0.717) is 19.0 Å². The van der Waals surface area contributed by atoms with E-state index in [-0.39, 0.29) is 11.9 Å². The van der Waals surface area contributed by atoms with Gasteiger partial charge in [-0.25, -0.2) is 0 Å². The number of benzene rings is 1. The zero-order chi connectivity index (χ0) is 14.8. The summed E-state index contributed by atoms with van der Waals surface area (Å²) in [4.78, 5) is 16.9. The zero-order valence-corrected chi connectivity index (χ0v) is 12.8. The fourth-order valence-electron chi connectivity index (χ4n) is 3.63. The molecule has 0 bridgehead atoms. The van der Waals surface area contributed by atoms with Gasteiger partial charge in [-0.1, -0.05) is 25.1 Å². The second-order valence-electron chi connectivity index (χ2n) is 6.41. The van der Waals surface area contributed by atoms with Crippen molar-refractivity contribution >= 4 is 11.6 Å². The van der Waals surface area contributed by atoms with E-state index in [2.05, 4.69) is 30.0 Å². The van der Waals surface area contributed by atoms with E-state index in [1.807, 2.05) is 11.0 Å². The number of amides is 1. The highest BCUT2D eigenvalue weighted by molar-refractivity contribution is 5.82. The minimum atomic E-state index is 0.221. The van der Waals surface area contributed by atoms with Crippen molar-refractivity contribution in [2.24, 2.45) is 11.7 Å². The van der Waals surface area contributed by atoms with Crippen LogP contribution in [0.25, 0.3) is 0 Å². The second-order valence-corrected chi connectivity index (χ2v) is 6.41. The molecule has 1 aromatic rings. The number of piperidine rings is 1. The summed E-state index contributed by atoms with van der Waals surface area (Å²) >= 11 is 0. The van der Waals surface area contributed by atoms with Crippen LogP contribution in [-0.4, -0.2) is 43.0 Å². The molecular formula is C17H25N3O. The van der Waals surface area contributed by atoms with E-state index in [1.54, 1.807) is 0 Å². The molecule has 2 N–H and O–H groups in total. The minimum absolute atomic E-state index is 0.221. The van der Waals surface area contributed by atoms with Gasteiger partial charge in [0, 0.05) is 31.4 Å². The predicted octanol–water partition coefficient (Wildman–Crippen LogP) is 1.63. The molecule has 2 heterocycles. The van der Waals surface area contributed by atoms with Gasteiger partial charge in [0.25, 0.3) is 0 Å². The molecule has 4 heteroatoms. The number of nitrogens with zero attached hydrogens (tertiary/aromatic N) is 2. The molecule has 1 fully saturated rings. The fourth-order valence-corrected chi connectivity index (χ4v) is 3.63. The van der Waals surface area contributed by atoms with Gasteiger partial charge in [0.2, 0.25) is 5.91 Å². The molecule has 114 valence electrons. The monoisotopic (exact) mass is 287 g/mol. The number of nitrogens with two attached hydrogens (primary N) is 1. The van der Waals surface area contributed by atoms with Crippen LogP contribution in [0.3, 0.4) is 0 Å². The molecule has 0 radical (unpaired) electrons. The van der Waals surface area contributed by atoms with Crippen LogP contribution in [0.4, 0.5) is 5.69 Å². The Balaban J connectivity index is 1.67. The van der Waals surface area contributed by atoms with Crippen molar-refractivity contribution in [3.05, 3.63) is 29.8 Å². The summed E-state index contributed by atoms with van der Waals surface area (Å²) in [6, 6.07) is 8.62. The largest absolute Gasteiger partial charge is 0.362 e. The molecule has 3 rings (SSSR count). The van der Waals surface area contributed by atoms with Crippen LogP contribution < -0.4 is 10.6 Å². The van der Waals surface area contributed by atoms with Crippen LogP contribution in [0.5, 0.6) is 0 Å². The number of para-hydroxylation sites is 1. The van der Waals surface area contributed by atoms with Crippen molar-refractivity contribution in [1.82, 2.24) is 4.90 Å². The number of likely N-dealkylation sites (tertiary alicyclic amines) is 1. The average Bonchev–Trinajstić information content (AvgIpc) is 2.90. The van der Waals surface area contributed by atoms with Crippen LogP contribution in [0, 0.1) is 5.92 Å². The number of carbonyl (C=O) groups is 1. The molecule has 2 unspecified atom stereocenters. The van der Waals surface area contributed by atoms with Crippen molar-refractivity contribution in [2.45, 2.75) is 32.2 Å². The number of carbonyl (C=O) groups excluding carboxylic acids is 1. The summed E-state index contributed by atoms with van der Waals surface area (Å²) in [5, 5.41) is 0. The Bertz CT molecular complexity index is 517. The number of hydrogen-bond acceptors (Lipinski definition) is 3. The Labute approximate surface area is 126 Å². The molecular weight excluding hydrogens is 262 g/mol. The van der Waals surface area contributed by atoms with Gasteiger partial charge in [0.05, 0.1) is 6.54 Å². The van der Waals surface area contributed by atoms with Crippen LogP contribution in [0.15, 0.2) is 24.3 Å². The van der Waals surface area contributed by atoms with Gasteiger partial charge in [-0.3, -0.25) is 4.79 Å². The van der Waals surface area contributed by atoms with Crippen molar-refractivity contribution in [3.8, 4) is 0 Å². The van der Waals surface area contributed by atoms with E-state index < -0.39 is 0 Å². The first-order chi connectivity index (χ1) is 10.2. The maximum Gasteiger partial charge on any atom is 0.242 e. The number of rotatable bonds is 3. The number of fused-ring (bicyclic) bond motifs is 1. The third kappa shape index (κ3) is 2.91. The van der Waals surface area contributed by atoms with E-state index in [0.717, 1.165) is 32.4 Å². The van der Waals surface area contributed by atoms with Gasteiger partial charge >= 0.3 is 0 Å². The van der Waals surface area contributed by atoms with E-state index in [4.69, 9.17) is 5.73 Å². The Morgan fingerprint density at radius 1 is 1.33 bits per heavy atom. The Morgan fingerprint density at radius 3 is 2.95 bits per heavy atom. The van der Waals surface area contributed by atoms with Crippen LogP contribution in [0.2, 0.25) is 0 Å². The van der Waals surface area contributed by atoms with Crippen molar-refractivity contribution < 1.29 is 4.79 Å². The Morgan fingerprint density at radius 2 is 2.14 bits per heavy atom. The second kappa shape index (κ2) is 6.06. The van der Waals surface area contributed by atoms with E-state index in [1.165, 1.54) is 11.3 Å². The molecule has 0 spiro atoms. The average molecular weight is 287 g/mol. The molecule has 1 saturated heterocycles. The Hall–Kier alpha value is -1.55. The summed E-state index contributed by atoms with van der Waals surface area (Å²) in [5.41, 5.74) is 8.45. The highest BCUT2D eigenvalue weighted by Crippen LogP contribution is 2.28. The summed E-state index contributed by atoms with van der Waals surface area (Å²) in [6.45, 7) is 5.12. The predicted molar refractivity (Wildman–Crippen MR) is 85.3 cm³/mol. The van der Waals surface area contributed by atoms with Gasteiger partial charge in [-0.05, 0) is 36.8 Å². The minimum Gasteiger partial charge on any atom is -0.362 e. The maximum atomic E-state index is 12.7. The van der Waals surface area contributed by atoms with Gasteiger partial charge < -0.3 is 15.5 Å². The lowest BCUT2D eigenvalue weighted by molar-refractivity contribution is -0.133. The lowest BCUT2D eigenvalue weighted by Gasteiger charge is -2.39. The van der Waals surface area contributed by atoms with Gasteiger partial charge in [0.15, 0.2) is 0 Å². The quantitative estimate of drug-likeness (QED) is 0.919. The highest BCUT2D eigenvalue weighted by Gasteiger charge is 2.30. The standard InChI is InChI=1S/C17H25N3O/c1-13-6-9-20(15(10-13)11-18)17(21)12-19-8-7-14-4-2-3-5-16(14)19/h2-5,13,15H,6-12,18H2,1H3. The molecule has 1 aromatic carbocycles. The third-order valence-corrected chi connectivity index (χ3v) is 4.88. The SMILES string of the molecule is CC1CCN(C(=O)CN2CCc3ccccc32)C(CN)C1. The van der Waals surface area contributed by atoms with Crippen molar-refractivity contribution in [1.29, 1.82) is 0 Å². The number of anilines is 1. The summed E-state index contributed by atoms with van der Waals surface area (Å²) < 4.78 is 0. The molecule has 2 atom stereocenters. The molecule has 21 heavy (non-hydrogen) atoms. The van der Waals surface area contributed by atoms with Gasteiger partial charge in [-0.2, -0.15) is 0 Å². The zero-order valence-electron chi connectivity index (χ0n) is 12.8. The summed E-state index contributed by atoms with van der Waals surface area (Å²) in [5.74, 6) is 0.907. The van der Waals surface area contributed by atoms with Crippen LogP contribution in [-0.2, 0) is 11.2 Å². The maximum absolute atomic E-state index is 12.7. The lowest BCUT2D eigenvalue weighted by atomic mass is 9.92. The molecule has 0 saturated carbocycles. The summed E-state index contributed by atoms with van der Waals surface area (Å²) in [6.07, 6.45) is 3.18. The van der Waals surface area contributed by atoms with Crippen molar-refractivity contribution in [2.75, 3.05) is 31.1 Å².